The van der Waals surface area contributed by atoms with E-state index in [0.717, 1.165) is 0 Å². The Morgan fingerprint density at radius 1 is 1.53 bits per heavy atom. The smallest absolute Gasteiger partial charge is 0.352 e. The lowest BCUT2D eigenvalue weighted by molar-refractivity contribution is 0.0691. The Hall–Kier alpha value is -2.28. The van der Waals surface area contributed by atoms with Gasteiger partial charge in [0.05, 0.1) is 11.6 Å². The molecule has 1 aromatic heterocycles. The minimum Gasteiger partial charge on any atom is -0.477 e. The second-order valence-electron chi connectivity index (χ2n) is 3.27. The number of carboxylic acids is 1. The van der Waals surface area contributed by atoms with E-state index in [9.17, 15) is 4.79 Å². The number of nitrogens with one attached hydrogen (secondary N) is 1. The van der Waals surface area contributed by atoms with Gasteiger partial charge in [-0.2, -0.15) is 5.26 Å². The van der Waals surface area contributed by atoms with Crippen LogP contribution in [0.5, 0.6) is 0 Å². The number of benzene rings is 1. The quantitative estimate of drug-likeness (QED) is 0.739. The molecule has 0 fully saturated rings. The van der Waals surface area contributed by atoms with Crippen LogP contribution in [0.4, 0.5) is 0 Å². The maximum absolute atomic E-state index is 10.9. The standard InChI is InChI=1S/C11H8N2O2/c1-6-9-7(5-12)3-2-4-8(9)13-10(6)11(14)15/h2-4,13H,1H3,(H,14,15). The molecule has 0 unspecified atom stereocenters. The van der Waals surface area contributed by atoms with Crippen LogP contribution in [0.25, 0.3) is 10.9 Å². The highest BCUT2D eigenvalue weighted by Gasteiger charge is 2.15. The fourth-order valence-electron chi connectivity index (χ4n) is 1.72. The molecule has 1 aromatic carbocycles. The summed E-state index contributed by atoms with van der Waals surface area (Å²) in [6.07, 6.45) is 0. The van der Waals surface area contributed by atoms with E-state index in [1.807, 2.05) is 0 Å². The van der Waals surface area contributed by atoms with Crippen molar-refractivity contribution in [2.75, 3.05) is 0 Å². The molecule has 1 heterocycles. The Labute approximate surface area is 85.8 Å². The molecule has 0 aliphatic rings. The number of H-pyrrole nitrogens is 1. The first kappa shape index (κ1) is 9.28. The molecule has 4 nitrogen and oxygen atoms in total. The molecule has 0 radical (unpaired) electrons. The number of aromatic carboxylic acids is 1. The zero-order valence-corrected chi connectivity index (χ0v) is 8.03. The largest absolute Gasteiger partial charge is 0.477 e. The third kappa shape index (κ3) is 1.25. The van der Waals surface area contributed by atoms with Gasteiger partial charge in [0.15, 0.2) is 0 Å². The first-order chi connectivity index (χ1) is 7.15. The number of carbonyl (C=O) groups is 1. The van der Waals surface area contributed by atoms with E-state index in [2.05, 4.69) is 11.1 Å². The Kier molecular flexibility index (Phi) is 1.94. The number of carboxylic acid groups (broad SMARTS) is 1. The lowest BCUT2D eigenvalue weighted by Crippen LogP contribution is -1.98. The topological polar surface area (TPSA) is 76.9 Å². The van der Waals surface area contributed by atoms with Gasteiger partial charge < -0.3 is 10.1 Å². The highest BCUT2D eigenvalue weighted by atomic mass is 16.4. The molecule has 74 valence electrons. The van der Waals surface area contributed by atoms with Gasteiger partial charge in [0.25, 0.3) is 0 Å². The normalized spacial score (nSPS) is 10.1. The van der Waals surface area contributed by atoms with Crippen molar-refractivity contribution in [3.63, 3.8) is 0 Å². The minimum atomic E-state index is -1.01. The number of fused-ring (bicyclic) bond motifs is 1. The molecule has 0 saturated heterocycles. The summed E-state index contributed by atoms with van der Waals surface area (Å²) in [5.74, 6) is -1.01. The molecule has 0 atom stereocenters. The van der Waals surface area contributed by atoms with Crippen molar-refractivity contribution in [1.82, 2.24) is 4.98 Å². The molecule has 2 N–H and O–H groups in total. The van der Waals surface area contributed by atoms with Crippen molar-refractivity contribution in [3.05, 3.63) is 35.0 Å². The summed E-state index contributed by atoms with van der Waals surface area (Å²) in [5, 5.41) is 18.5. The fourth-order valence-corrected chi connectivity index (χ4v) is 1.72. The number of hydrogen-bond acceptors (Lipinski definition) is 2. The molecule has 0 amide bonds. The first-order valence-corrected chi connectivity index (χ1v) is 4.40. The Morgan fingerprint density at radius 2 is 2.27 bits per heavy atom. The summed E-state index contributed by atoms with van der Waals surface area (Å²) in [6.45, 7) is 1.70. The SMILES string of the molecule is Cc1c(C(=O)O)[nH]c2cccc(C#N)c12. The number of aromatic amines is 1. The Morgan fingerprint density at radius 3 is 2.87 bits per heavy atom. The monoisotopic (exact) mass is 200 g/mol. The van der Waals surface area contributed by atoms with Gasteiger partial charge >= 0.3 is 5.97 Å². The van der Waals surface area contributed by atoms with Crippen LogP contribution < -0.4 is 0 Å². The Bertz CT molecular complexity index is 590. The van der Waals surface area contributed by atoms with Gasteiger partial charge in [0.2, 0.25) is 0 Å². The second-order valence-corrected chi connectivity index (χ2v) is 3.27. The maximum Gasteiger partial charge on any atom is 0.352 e. The van der Waals surface area contributed by atoms with E-state index >= 15 is 0 Å². The van der Waals surface area contributed by atoms with Gasteiger partial charge in [0.1, 0.15) is 5.69 Å². The van der Waals surface area contributed by atoms with E-state index in [1.54, 1.807) is 25.1 Å². The van der Waals surface area contributed by atoms with E-state index < -0.39 is 5.97 Å². The van der Waals surface area contributed by atoms with Crippen LogP contribution in [0.3, 0.4) is 0 Å². The van der Waals surface area contributed by atoms with Crippen LogP contribution in [0.2, 0.25) is 0 Å². The summed E-state index contributed by atoms with van der Waals surface area (Å²) in [7, 11) is 0. The highest BCUT2D eigenvalue weighted by Crippen LogP contribution is 2.24. The van der Waals surface area contributed by atoms with Crippen molar-refractivity contribution in [2.24, 2.45) is 0 Å². The second kappa shape index (κ2) is 3.14. The van der Waals surface area contributed by atoms with Gasteiger partial charge in [-0.1, -0.05) is 6.07 Å². The van der Waals surface area contributed by atoms with Crippen molar-refractivity contribution in [2.45, 2.75) is 6.92 Å². The van der Waals surface area contributed by atoms with Crippen LogP contribution in [0.15, 0.2) is 18.2 Å². The maximum atomic E-state index is 10.9. The number of rotatable bonds is 1. The third-order valence-electron chi connectivity index (χ3n) is 2.41. The zero-order chi connectivity index (χ0) is 11.0. The summed E-state index contributed by atoms with van der Waals surface area (Å²) in [6, 6.07) is 7.21. The summed E-state index contributed by atoms with van der Waals surface area (Å²) < 4.78 is 0. The molecular weight excluding hydrogens is 192 g/mol. The number of nitrogens with zero attached hydrogens (tertiary/aromatic N) is 1. The number of aromatic nitrogens is 1. The van der Waals surface area contributed by atoms with Crippen LogP contribution in [0, 0.1) is 18.3 Å². The molecule has 0 saturated carbocycles. The third-order valence-corrected chi connectivity index (χ3v) is 2.41. The molecule has 4 heteroatoms. The lowest BCUT2D eigenvalue weighted by Gasteiger charge is -1.93. The van der Waals surface area contributed by atoms with E-state index in [4.69, 9.17) is 10.4 Å². The molecule has 2 rings (SSSR count). The number of nitriles is 1. The zero-order valence-electron chi connectivity index (χ0n) is 8.03. The number of hydrogen-bond donors (Lipinski definition) is 2. The molecule has 0 aliphatic heterocycles. The average Bonchev–Trinajstić information content (AvgIpc) is 2.56. The van der Waals surface area contributed by atoms with Crippen LogP contribution in [0.1, 0.15) is 21.6 Å². The van der Waals surface area contributed by atoms with Crippen LogP contribution >= 0.6 is 0 Å². The van der Waals surface area contributed by atoms with Crippen LogP contribution in [-0.4, -0.2) is 16.1 Å². The summed E-state index contributed by atoms with van der Waals surface area (Å²) in [5.41, 5.74) is 1.93. The van der Waals surface area contributed by atoms with Gasteiger partial charge in [0, 0.05) is 10.9 Å². The van der Waals surface area contributed by atoms with Gasteiger partial charge in [-0.25, -0.2) is 4.79 Å². The van der Waals surface area contributed by atoms with Crippen molar-refractivity contribution in [3.8, 4) is 6.07 Å². The predicted octanol–water partition coefficient (Wildman–Crippen LogP) is 2.05. The van der Waals surface area contributed by atoms with Crippen LogP contribution in [-0.2, 0) is 0 Å². The Balaban J connectivity index is 2.90. The summed E-state index contributed by atoms with van der Waals surface area (Å²) in [4.78, 5) is 13.7. The first-order valence-electron chi connectivity index (χ1n) is 4.40. The summed E-state index contributed by atoms with van der Waals surface area (Å²) >= 11 is 0. The van der Waals surface area contributed by atoms with E-state index in [-0.39, 0.29) is 5.69 Å². The molecule has 0 spiro atoms. The molecule has 0 bridgehead atoms. The fraction of sp³-hybridized carbons (Fsp3) is 0.0909. The average molecular weight is 200 g/mol. The molecule has 0 aliphatic carbocycles. The van der Waals surface area contributed by atoms with Gasteiger partial charge in [-0.05, 0) is 24.6 Å². The molecule has 15 heavy (non-hydrogen) atoms. The molecular formula is C11H8N2O2. The van der Waals surface area contributed by atoms with Gasteiger partial charge in [-0.3, -0.25) is 0 Å². The van der Waals surface area contributed by atoms with Crippen molar-refractivity contribution < 1.29 is 9.90 Å². The predicted molar refractivity (Wildman–Crippen MR) is 54.7 cm³/mol. The van der Waals surface area contributed by atoms with Crippen molar-refractivity contribution in [1.29, 1.82) is 5.26 Å². The molecule has 2 aromatic rings. The van der Waals surface area contributed by atoms with E-state index in [0.29, 0.717) is 22.0 Å². The van der Waals surface area contributed by atoms with Gasteiger partial charge in [-0.15, -0.1) is 0 Å². The minimum absolute atomic E-state index is 0.146. The number of aryl methyl sites for hydroxylation is 1. The van der Waals surface area contributed by atoms with E-state index in [1.165, 1.54) is 0 Å². The van der Waals surface area contributed by atoms with Crippen molar-refractivity contribution >= 4 is 16.9 Å². The highest BCUT2D eigenvalue weighted by molar-refractivity contribution is 5.99. The lowest BCUT2D eigenvalue weighted by atomic mass is 10.1.